The summed E-state index contributed by atoms with van der Waals surface area (Å²) in [5.74, 6) is 0. The van der Waals surface area contributed by atoms with Gasteiger partial charge >= 0.3 is 12.2 Å². The van der Waals surface area contributed by atoms with Crippen LogP contribution in [0.2, 0.25) is 0 Å². The third-order valence-corrected chi connectivity index (χ3v) is 3.81. The molecule has 124 valence electrons. The topological polar surface area (TPSA) is 88.6 Å². The Morgan fingerprint density at radius 2 is 2.22 bits per heavy atom. The molecule has 0 saturated carbocycles. The van der Waals surface area contributed by atoms with E-state index in [-0.39, 0.29) is 13.1 Å². The molecule has 0 aliphatic carbocycles. The molecule has 0 bridgehead atoms. The van der Waals surface area contributed by atoms with E-state index in [4.69, 9.17) is 5.73 Å². The minimum Gasteiger partial charge on any atom is -0.325 e. The Labute approximate surface area is 129 Å². The number of rotatable bonds is 3. The zero-order valence-electron chi connectivity index (χ0n) is 12.3. The second-order valence-electron chi connectivity index (χ2n) is 5.72. The summed E-state index contributed by atoms with van der Waals surface area (Å²) in [6.45, 7) is 0.792. The molecular formula is C13H15F3N6O. The fraction of sp³-hybridized carbons (Fsp3) is 0.462. The molecule has 0 radical (unpaired) electrons. The monoisotopic (exact) mass is 328 g/mol. The van der Waals surface area contributed by atoms with Gasteiger partial charge in [-0.25, -0.2) is 14.3 Å². The number of fused-ring (bicyclic) bond motifs is 1. The van der Waals surface area contributed by atoms with E-state index in [1.807, 2.05) is 5.32 Å². The van der Waals surface area contributed by atoms with Gasteiger partial charge in [-0.1, -0.05) is 0 Å². The average molecular weight is 328 g/mol. The summed E-state index contributed by atoms with van der Waals surface area (Å²) in [6.07, 6.45) is -1.35. The summed E-state index contributed by atoms with van der Waals surface area (Å²) in [5, 5.41) is 6.12. The number of aromatic nitrogens is 3. The first-order chi connectivity index (χ1) is 10.7. The summed E-state index contributed by atoms with van der Waals surface area (Å²) in [6, 6.07) is 0.915. The van der Waals surface area contributed by atoms with Crippen LogP contribution in [-0.4, -0.2) is 43.8 Å². The summed E-state index contributed by atoms with van der Waals surface area (Å²) < 4.78 is 40.5. The summed E-state index contributed by atoms with van der Waals surface area (Å²) in [5.41, 5.74) is 5.02. The molecule has 3 rings (SSSR count). The first-order valence-corrected chi connectivity index (χ1v) is 6.89. The Balaban J connectivity index is 1.81. The number of hydrogen-bond donors (Lipinski definition) is 2. The van der Waals surface area contributed by atoms with Crippen molar-refractivity contribution in [1.29, 1.82) is 0 Å². The van der Waals surface area contributed by atoms with Gasteiger partial charge in [-0.3, -0.25) is 0 Å². The van der Waals surface area contributed by atoms with E-state index in [9.17, 15) is 18.0 Å². The van der Waals surface area contributed by atoms with Gasteiger partial charge in [-0.2, -0.15) is 18.3 Å². The number of nitrogens with one attached hydrogen (secondary N) is 1. The van der Waals surface area contributed by atoms with Crippen molar-refractivity contribution in [2.45, 2.75) is 31.7 Å². The van der Waals surface area contributed by atoms with Crippen molar-refractivity contribution in [3.63, 3.8) is 0 Å². The smallest absolute Gasteiger partial charge is 0.325 e. The molecule has 10 heteroatoms. The predicted octanol–water partition coefficient (Wildman–Crippen LogP) is 1.03. The molecule has 1 atom stereocenters. The lowest BCUT2D eigenvalue weighted by Gasteiger charge is -2.26. The summed E-state index contributed by atoms with van der Waals surface area (Å²) in [7, 11) is 0. The third-order valence-electron chi connectivity index (χ3n) is 3.81. The van der Waals surface area contributed by atoms with Crippen molar-refractivity contribution in [2.75, 3.05) is 6.54 Å². The van der Waals surface area contributed by atoms with Gasteiger partial charge in [0.05, 0.1) is 24.6 Å². The predicted molar refractivity (Wildman–Crippen MR) is 74.3 cm³/mol. The number of nitrogens with two attached hydrogens (primary N) is 1. The van der Waals surface area contributed by atoms with Gasteiger partial charge in [-0.05, 0) is 18.6 Å². The molecular weight excluding hydrogens is 313 g/mol. The lowest BCUT2D eigenvalue weighted by atomic mass is 10.0. The maximum absolute atomic E-state index is 13.0. The lowest BCUT2D eigenvalue weighted by Crippen LogP contribution is -2.53. The molecule has 1 aliphatic heterocycles. The number of alkyl halides is 3. The quantitative estimate of drug-likeness (QED) is 0.881. The second kappa shape index (κ2) is 5.08. The van der Waals surface area contributed by atoms with Gasteiger partial charge in [0.1, 0.15) is 0 Å². The van der Waals surface area contributed by atoms with Gasteiger partial charge in [0.15, 0.2) is 11.2 Å². The van der Waals surface area contributed by atoms with Crippen LogP contribution in [0, 0.1) is 0 Å². The van der Waals surface area contributed by atoms with Crippen LogP contribution in [0.25, 0.3) is 5.65 Å². The number of carbonyl (C=O) groups excluding carboxylic acids is 1. The number of nitrogens with zero attached hydrogens (tertiary/aromatic N) is 4. The van der Waals surface area contributed by atoms with Gasteiger partial charge < -0.3 is 16.0 Å². The van der Waals surface area contributed by atoms with E-state index in [1.165, 1.54) is 10.7 Å². The second-order valence-corrected chi connectivity index (χ2v) is 5.72. The normalized spacial score (nSPS) is 22.0. The number of amides is 2. The van der Waals surface area contributed by atoms with Crippen molar-refractivity contribution >= 4 is 11.7 Å². The molecule has 1 aliphatic rings. The van der Waals surface area contributed by atoms with E-state index in [0.29, 0.717) is 16.9 Å². The largest absolute Gasteiger partial charge is 0.413 e. The summed E-state index contributed by atoms with van der Waals surface area (Å²) in [4.78, 5) is 17.1. The van der Waals surface area contributed by atoms with Gasteiger partial charge in [-0.15, -0.1) is 0 Å². The molecule has 0 aromatic carbocycles. The Bertz CT molecular complexity index is 758. The molecule has 1 saturated heterocycles. The first kappa shape index (κ1) is 15.5. The average Bonchev–Trinajstić information content (AvgIpc) is 2.99. The zero-order valence-corrected chi connectivity index (χ0v) is 12.3. The minimum atomic E-state index is -4.52. The van der Waals surface area contributed by atoms with E-state index in [2.05, 4.69) is 10.1 Å². The van der Waals surface area contributed by atoms with Crippen LogP contribution in [0.5, 0.6) is 0 Å². The Morgan fingerprint density at radius 3 is 2.83 bits per heavy atom. The van der Waals surface area contributed by atoms with Gasteiger partial charge in [0.25, 0.3) is 0 Å². The standard InChI is InChI=1S/C13H15F3N6O/c1-12(13(14,15)16)7-21(11(23)20-12)5-8-2-10-19-9(3-17)6-22(10)18-4-8/h2,4,6H,3,5,7,17H2,1H3,(H,20,23)/t12-/m0/s1. The van der Waals surface area contributed by atoms with Crippen LogP contribution in [0.4, 0.5) is 18.0 Å². The van der Waals surface area contributed by atoms with Crippen LogP contribution in [0.3, 0.4) is 0 Å². The SMILES string of the molecule is C[C@@]1(C(F)(F)F)CN(Cc2cnn3cc(CN)nc3c2)C(=O)N1. The molecule has 3 N–H and O–H groups in total. The molecule has 23 heavy (non-hydrogen) atoms. The summed E-state index contributed by atoms with van der Waals surface area (Å²) >= 11 is 0. The molecule has 2 aromatic rings. The zero-order chi connectivity index (χ0) is 16.8. The third kappa shape index (κ3) is 2.69. The molecule has 1 fully saturated rings. The van der Waals surface area contributed by atoms with Crippen LogP contribution in [0.1, 0.15) is 18.2 Å². The van der Waals surface area contributed by atoms with Crippen molar-refractivity contribution in [3.05, 3.63) is 29.7 Å². The molecule has 7 nitrogen and oxygen atoms in total. The lowest BCUT2D eigenvalue weighted by molar-refractivity contribution is -0.183. The highest BCUT2D eigenvalue weighted by Crippen LogP contribution is 2.34. The van der Waals surface area contributed by atoms with E-state index in [1.54, 1.807) is 12.3 Å². The highest BCUT2D eigenvalue weighted by molar-refractivity contribution is 5.78. The number of imidazole rings is 1. The molecule has 2 amide bonds. The number of urea groups is 1. The Kier molecular flexibility index (Phi) is 3.43. The maximum atomic E-state index is 13.0. The first-order valence-electron chi connectivity index (χ1n) is 6.89. The molecule has 0 spiro atoms. The van der Waals surface area contributed by atoms with Crippen molar-refractivity contribution in [1.82, 2.24) is 24.8 Å². The fourth-order valence-corrected chi connectivity index (χ4v) is 2.47. The van der Waals surface area contributed by atoms with Gasteiger partial charge in [0, 0.05) is 13.1 Å². The van der Waals surface area contributed by atoms with Crippen LogP contribution >= 0.6 is 0 Å². The van der Waals surface area contributed by atoms with E-state index < -0.39 is 24.3 Å². The van der Waals surface area contributed by atoms with E-state index in [0.717, 1.165) is 11.8 Å². The number of hydrogen-bond acceptors (Lipinski definition) is 4. The molecule has 0 unspecified atom stereocenters. The number of carbonyl (C=O) groups is 1. The van der Waals surface area contributed by atoms with Crippen molar-refractivity contribution in [3.8, 4) is 0 Å². The van der Waals surface area contributed by atoms with Crippen molar-refractivity contribution in [2.24, 2.45) is 5.73 Å². The molecule has 3 heterocycles. The minimum absolute atomic E-state index is 0.0197. The Hall–Kier alpha value is -2.36. The Morgan fingerprint density at radius 1 is 1.48 bits per heavy atom. The van der Waals surface area contributed by atoms with Gasteiger partial charge in [0.2, 0.25) is 0 Å². The van der Waals surface area contributed by atoms with Crippen molar-refractivity contribution < 1.29 is 18.0 Å². The van der Waals surface area contributed by atoms with Crippen LogP contribution in [-0.2, 0) is 13.1 Å². The highest BCUT2D eigenvalue weighted by atomic mass is 19.4. The maximum Gasteiger partial charge on any atom is 0.413 e. The fourth-order valence-electron chi connectivity index (χ4n) is 2.47. The number of halogens is 3. The van der Waals surface area contributed by atoms with Crippen LogP contribution in [0.15, 0.2) is 18.5 Å². The van der Waals surface area contributed by atoms with Crippen LogP contribution < -0.4 is 11.1 Å². The molecule has 2 aromatic heterocycles. The van der Waals surface area contributed by atoms with E-state index >= 15 is 0 Å². The highest BCUT2D eigenvalue weighted by Gasteiger charge is 2.57.